The molecule has 1 atom stereocenters. The van der Waals surface area contributed by atoms with Crippen LogP contribution in [0.4, 0.5) is 14.5 Å². The highest BCUT2D eigenvalue weighted by Crippen LogP contribution is 2.27. The van der Waals surface area contributed by atoms with Gasteiger partial charge in [-0.25, -0.2) is 17.2 Å². The molecule has 1 fully saturated rings. The Balaban J connectivity index is 1.24. The molecule has 5 rings (SSSR count). The van der Waals surface area contributed by atoms with Gasteiger partial charge in [-0.2, -0.15) is 0 Å². The van der Waals surface area contributed by atoms with E-state index in [0.29, 0.717) is 48.5 Å². The molecule has 0 radical (unpaired) electrons. The zero-order chi connectivity index (χ0) is 27.7. The Morgan fingerprint density at radius 2 is 1.82 bits per heavy atom. The summed E-state index contributed by atoms with van der Waals surface area (Å²) in [5, 5.41) is 0.748. The average Bonchev–Trinajstić information content (AvgIpc) is 2.91. The van der Waals surface area contributed by atoms with Crippen LogP contribution < -0.4 is 4.72 Å². The van der Waals surface area contributed by atoms with Gasteiger partial charge in [0.05, 0.1) is 5.52 Å². The Bertz CT molecular complexity index is 1640. The van der Waals surface area contributed by atoms with E-state index in [1.165, 1.54) is 6.07 Å². The highest BCUT2D eigenvalue weighted by Gasteiger charge is 2.26. The fourth-order valence-electron chi connectivity index (χ4n) is 5.13. The van der Waals surface area contributed by atoms with E-state index in [-0.39, 0.29) is 10.9 Å². The fourth-order valence-corrected chi connectivity index (χ4v) is 6.37. The molecule has 4 aromatic rings. The number of hydrogen-bond donors (Lipinski definition) is 1. The molecule has 0 spiro atoms. The van der Waals surface area contributed by atoms with Crippen molar-refractivity contribution in [3.63, 3.8) is 0 Å². The summed E-state index contributed by atoms with van der Waals surface area (Å²) in [5.41, 5.74) is 3.61. The van der Waals surface area contributed by atoms with Crippen LogP contribution in [0.3, 0.4) is 0 Å². The van der Waals surface area contributed by atoms with Crippen molar-refractivity contribution in [1.29, 1.82) is 0 Å². The van der Waals surface area contributed by atoms with Gasteiger partial charge in [0.15, 0.2) is 11.6 Å². The Morgan fingerprint density at radius 1 is 1.08 bits per heavy atom. The molecular formula is C30H30F2N4O2S. The maximum atomic E-state index is 14.3. The first kappa shape index (κ1) is 26.8. The Kier molecular flexibility index (Phi) is 7.38. The van der Waals surface area contributed by atoms with Crippen molar-refractivity contribution in [2.75, 3.05) is 24.4 Å². The third-order valence-corrected chi connectivity index (χ3v) is 8.47. The topological polar surface area (TPSA) is 65.5 Å². The maximum absolute atomic E-state index is 14.3. The van der Waals surface area contributed by atoms with Crippen molar-refractivity contribution >= 4 is 32.3 Å². The van der Waals surface area contributed by atoms with Crippen molar-refractivity contribution in [3.8, 4) is 0 Å². The van der Waals surface area contributed by atoms with Crippen LogP contribution in [0.25, 0.3) is 16.6 Å². The van der Waals surface area contributed by atoms with Crippen LogP contribution in [0.5, 0.6) is 0 Å². The number of pyridine rings is 1. The molecule has 0 saturated carbocycles. The van der Waals surface area contributed by atoms with Crippen LogP contribution in [-0.2, 0) is 16.6 Å². The van der Waals surface area contributed by atoms with Crippen molar-refractivity contribution < 1.29 is 17.2 Å². The van der Waals surface area contributed by atoms with Crippen molar-refractivity contribution in [1.82, 2.24) is 14.8 Å². The predicted molar refractivity (Wildman–Crippen MR) is 151 cm³/mol. The van der Waals surface area contributed by atoms with Crippen LogP contribution in [0.2, 0.25) is 0 Å². The number of anilines is 1. The van der Waals surface area contributed by atoms with Gasteiger partial charge in [-0.05, 0) is 55.3 Å². The first-order chi connectivity index (χ1) is 18.6. The fraction of sp³-hybridized carbons (Fsp3) is 0.233. The molecule has 2 heterocycles. The van der Waals surface area contributed by atoms with Gasteiger partial charge in [0.2, 0.25) is 0 Å². The molecule has 0 aliphatic carbocycles. The van der Waals surface area contributed by atoms with E-state index in [2.05, 4.69) is 33.0 Å². The molecule has 0 bridgehead atoms. The van der Waals surface area contributed by atoms with Gasteiger partial charge in [0, 0.05) is 60.8 Å². The second-order valence-corrected chi connectivity index (χ2v) is 11.6. The number of halogens is 2. The number of sulfonamides is 1. The van der Waals surface area contributed by atoms with Crippen molar-refractivity contribution in [2.45, 2.75) is 31.3 Å². The summed E-state index contributed by atoms with van der Waals surface area (Å²) in [6.45, 7) is 10.5. The van der Waals surface area contributed by atoms with Gasteiger partial charge in [0.1, 0.15) is 4.90 Å². The first-order valence-electron chi connectivity index (χ1n) is 12.7. The standard InChI is InChI=1S/C30H30F2N4O2S/c1-20-16-25(29(32)27(31)17-20)19-35-14-15-36(21(2)18-35)22(3)23-9-11-26(12-10-23)34-39(37,38)28-8-4-6-24-7-5-13-33-30(24)28/h4-13,16-17,21,34H,3,14-15,18-19H2,1-2H3. The number of aromatic nitrogens is 1. The molecular weight excluding hydrogens is 518 g/mol. The van der Waals surface area contributed by atoms with Crippen LogP contribution in [0, 0.1) is 18.6 Å². The summed E-state index contributed by atoms with van der Waals surface area (Å²) in [5.74, 6) is -1.60. The highest BCUT2D eigenvalue weighted by molar-refractivity contribution is 7.93. The normalized spacial score (nSPS) is 16.4. The summed E-state index contributed by atoms with van der Waals surface area (Å²) < 4.78 is 57.0. The maximum Gasteiger partial charge on any atom is 0.264 e. The minimum Gasteiger partial charge on any atom is -0.366 e. The number of hydrogen-bond acceptors (Lipinski definition) is 5. The van der Waals surface area contributed by atoms with Gasteiger partial charge >= 0.3 is 0 Å². The SMILES string of the molecule is C=C(c1ccc(NS(=O)(=O)c2cccc3cccnc23)cc1)N1CCN(Cc2cc(C)cc(F)c2F)CC1C. The molecule has 9 heteroatoms. The molecule has 1 aromatic heterocycles. The molecule has 1 N–H and O–H groups in total. The number of para-hydroxylation sites is 1. The molecule has 39 heavy (non-hydrogen) atoms. The van der Waals surface area contributed by atoms with E-state index in [4.69, 9.17) is 0 Å². The first-order valence-corrected chi connectivity index (χ1v) is 14.2. The van der Waals surface area contributed by atoms with E-state index < -0.39 is 21.7 Å². The third-order valence-electron chi connectivity index (χ3n) is 7.06. The van der Waals surface area contributed by atoms with E-state index >= 15 is 0 Å². The van der Waals surface area contributed by atoms with Crippen LogP contribution in [-0.4, -0.2) is 48.9 Å². The zero-order valence-electron chi connectivity index (χ0n) is 21.9. The largest absolute Gasteiger partial charge is 0.366 e. The van der Waals surface area contributed by atoms with Gasteiger partial charge < -0.3 is 4.90 Å². The lowest BCUT2D eigenvalue weighted by atomic mass is 10.1. The zero-order valence-corrected chi connectivity index (χ0v) is 22.7. The lowest BCUT2D eigenvalue weighted by Crippen LogP contribution is -2.50. The Morgan fingerprint density at radius 3 is 2.56 bits per heavy atom. The summed E-state index contributed by atoms with van der Waals surface area (Å²) >= 11 is 0. The Labute approximate surface area is 227 Å². The molecule has 202 valence electrons. The monoisotopic (exact) mass is 548 g/mol. The minimum absolute atomic E-state index is 0.0982. The number of benzene rings is 3. The molecule has 1 aliphatic rings. The number of rotatable bonds is 7. The van der Waals surface area contributed by atoms with E-state index in [9.17, 15) is 17.2 Å². The van der Waals surface area contributed by atoms with Gasteiger partial charge in [-0.15, -0.1) is 0 Å². The van der Waals surface area contributed by atoms with E-state index in [1.807, 2.05) is 24.3 Å². The van der Waals surface area contributed by atoms with Crippen molar-refractivity contribution in [2.24, 2.45) is 0 Å². The van der Waals surface area contributed by atoms with Gasteiger partial charge in [0.25, 0.3) is 10.0 Å². The number of aryl methyl sites for hydroxylation is 1. The predicted octanol–water partition coefficient (Wildman–Crippen LogP) is 5.80. The lowest BCUT2D eigenvalue weighted by molar-refractivity contribution is 0.122. The second kappa shape index (κ2) is 10.7. The van der Waals surface area contributed by atoms with Crippen LogP contribution >= 0.6 is 0 Å². The lowest BCUT2D eigenvalue weighted by Gasteiger charge is -2.42. The molecule has 6 nitrogen and oxygen atoms in total. The van der Waals surface area contributed by atoms with Gasteiger partial charge in [-0.3, -0.25) is 14.6 Å². The second-order valence-electron chi connectivity index (χ2n) is 9.96. The minimum atomic E-state index is -3.84. The summed E-state index contributed by atoms with van der Waals surface area (Å²) in [6.07, 6.45) is 1.57. The quantitative estimate of drug-likeness (QED) is 0.316. The Hall–Kier alpha value is -3.82. The summed E-state index contributed by atoms with van der Waals surface area (Å²) in [4.78, 5) is 8.67. The van der Waals surface area contributed by atoms with Crippen LogP contribution in [0.15, 0.2) is 84.4 Å². The molecule has 0 amide bonds. The third kappa shape index (κ3) is 5.65. The molecule has 1 aliphatic heterocycles. The van der Waals surface area contributed by atoms with Gasteiger partial charge in [-0.1, -0.05) is 43.0 Å². The summed E-state index contributed by atoms with van der Waals surface area (Å²) in [7, 11) is -3.84. The number of nitrogens with zero attached hydrogens (tertiary/aromatic N) is 3. The average molecular weight is 549 g/mol. The molecule has 1 unspecified atom stereocenters. The number of nitrogens with one attached hydrogen (secondary N) is 1. The van der Waals surface area contributed by atoms with Crippen LogP contribution in [0.1, 0.15) is 23.6 Å². The van der Waals surface area contributed by atoms with E-state index in [0.717, 1.165) is 16.6 Å². The van der Waals surface area contributed by atoms with E-state index in [1.54, 1.807) is 49.5 Å². The number of fused-ring (bicyclic) bond motifs is 1. The molecule has 1 saturated heterocycles. The van der Waals surface area contributed by atoms with Crippen molar-refractivity contribution in [3.05, 3.63) is 108 Å². The number of piperazine rings is 1. The molecule has 3 aromatic carbocycles. The highest BCUT2D eigenvalue weighted by atomic mass is 32.2. The summed E-state index contributed by atoms with van der Waals surface area (Å²) in [6, 6.07) is 18.8. The smallest absolute Gasteiger partial charge is 0.264 e.